The van der Waals surface area contributed by atoms with Gasteiger partial charge in [-0.3, -0.25) is 9.59 Å². The van der Waals surface area contributed by atoms with Gasteiger partial charge in [-0.05, 0) is 43.7 Å². The molecule has 1 aliphatic rings. The van der Waals surface area contributed by atoms with Crippen LogP contribution in [0, 0.1) is 5.82 Å². The number of alkyl halides is 3. The first-order valence-corrected chi connectivity index (χ1v) is 11.2. The number of carbonyl (C=O) groups is 3. The zero-order valence-corrected chi connectivity index (χ0v) is 20.4. The maximum Gasteiger partial charge on any atom is 0.424 e. The molecule has 0 spiro atoms. The minimum absolute atomic E-state index is 0.0449. The Morgan fingerprint density at radius 3 is 2.42 bits per heavy atom. The summed E-state index contributed by atoms with van der Waals surface area (Å²) < 4.78 is 66.5. The molecule has 2 atom stereocenters. The lowest BCUT2D eigenvalue weighted by atomic mass is 9.81. The fraction of sp³-hybridized carbons (Fsp3) is 0.360. The van der Waals surface area contributed by atoms with Crippen molar-refractivity contribution in [3.63, 3.8) is 0 Å². The first kappa shape index (κ1) is 28.6. The van der Waals surface area contributed by atoms with Crippen molar-refractivity contribution in [2.75, 3.05) is 20.3 Å². The topological polar surface area (TPSA) is 141 Å². The van der Waals surface area contributed by atoms with Crippen LogP contribution in [0.2, 0.25) is 0 Å². The standard InChI is InChI=1S/C25H25F4N3O6/c1-13(21(34)37-3)4-9-18(33)31-11-24(36,25(27,28)29)17-10-16-20(38-12-23(16,2)22(30)35)19(32-17)14-5-7-15(26)8-6-14/h5-8,10,36H,1,4,9,11-12H2,2-3H3,(H2,30,35)(H,31,33)/t23-,24-/m0/s1. The molecule has 2 aromatic rings. The van der Waals surface area contributed by atoms with Crippen molar-refractivity contribution in [2.45, 2.75) is 37.0 Å². The second-order valence-electron chi connectivity index (χ2n) is 8.95. The van der Waals surface area contributed by atoms with Crippen LogP contribution in [-0.2, 0) is 30.1 Å². The minimum atomic E-state index is -5.35. The first-order chi connectivity index (χ1) is 17.6. The zero-order valence-electron chi connectivity index (χ0n) is 20.4. The predicted molar refractivity (Wildman–Crippen MR) is 125 cm³/mol. The summed E-state index contributed by atoms with van der Waals surface area (Å²) >= 11 is 0. The highest BCUT2D eigenvalue weighted by molar-refractivity contribution is 5.90. The summed E-state index contributed by atoms with van der Waals surface area (Å²) in [7, 11) is 1.11. The first-order valence-electron chi connectivity index (χ1n) is 11.2. The van der Waals surface area contributed by atoms with E-state index in [1.807, 2.05) is 5.32 Å². The SMILES string of the molecule is C=C(CCC(=O)NC[C@](O)(c1cc2c(c(-c3ccc(F)cc3)n1)OC[C@]2(C)C(N)=O)C(F)(F)F)C(=O)OC. The van der Waals surface area contributed by atoms with Crippen molar-refractivity contribution in [3.8, 4) is 17.0 Å². The van der Waals surface area contributed by atoms with Crippen molar-refractivity contribution in [1.82, 2.24) is 10.3 Å². The fourth-order valence-corrected chi connectivity index (χ4v) is 3.76. The van der Waals surface area contributed by atoms with Crippen molar-refractivity contribution in [3.05, 3.63) is 59.6 Å². The van der Waals surface area contributed by atoms with E-state index in [1.54, 1.807) is 0 Å². The number of hydrogen-bond donors (Lipinski definition) is 3. The number of halogens is 4. The van der Waals surface area contributed by atoms with E-state index in [0.717, 1.165) is 25.3 Å². The van der Waals surface area contributed by atoms with Crippen LogP contribution in [0.4, 0.5) is 17.6 Å². The van der Waals surface area contributed by atoms with E-state index in [2.05, 4.69) is 16.3 Å². The molecule has 4 N–H and O–H groups in total. The number of fused-ring (bicyclic) bond motifs is 1. The minimum Gasteiger partial charge on any atom is -0.489 e. The van der Waals surface area contributed by atoms with Gasteiger partial charge in [0.15, 0.2) is 0 Å². The molecule has 0 unspecified atom stereocenters. The summed E-state index contributed by atoms with van der Waals surface area (Å²) in [5, 5.41) is 12.9. The second-order valence-corrected chi connectivity index (χ2v) is 8.95. The summed E-state index contributed by atoms with van der Waals surface area (Å²) in [5.74, 6) is -3.25. The number of aromatic nitrogens is 1. The van der Waals surface area contributed by atoms with Gasteiger partial charge < -0.3 is 25.6 Å². The number of nitrogens with two attached hydrogens (primary N) is 1. The smallest absolute Gasteiger partial charge is 0.424 e. The maximum atomic E-state index is 14.3. The highest BCUT2D eigenvalue weighted by Gasteiger charge is 2.57. The van der Waals surface area contributed by atoms with Gasteiger partial charge in [0.25, 0.3) is 0 Å². The highest BCUT2D eigenvalue weighted by Crippen LogP contribution is 2.47. The molecule has 13 heteroatoms. The summed E-state index contributed by atoms with van der Waals surface area (Å²) in [6.07, 6.45) is -5.95. The van der Waals surface area contributed by atoms with Gasteiger partial charge in [-0.15, -0.1) is 0 Å². The van der Waals surface area contributed by atoms with E-state index in [-0.39, 0.29) is 41.2 Å². The van der Waals surface area contributed by atoms with Crippen molar-refractivity contribution in [1.29, 1.82) is 0 Å². The van der Waals surface area contributed by atoms with Crippen LogP contribution >= 0.6 is 0 Å². The van der Waals surface area contributed by atoms with Crippen molar-refractivity contribution >= 4 is 17.8 Å². The number of nitrogens with zero attached hydrogens (tertiary/aromatic N) is 1. The van der Waals surface area contributed by atoms with Gasteiger partial charge in [-0.1, -0.05) is 6.58 Å². The Labute approximate surface area is 214 Å². The molecular formula is C25H25F4N3O6. The van der Waals surface area contributed by atoms with E-state index < -0.39 is 59.5 Å². The third kappa shape index (κ3) is 5.32. The van der Waals surface area contributed by atoms with E-state index in [1.165, 1.54) is 19.1 Å². The second kappa shape index (κ2) is 10.4. The van der Waals surface area contributed by atoms with Crippen LogP contribution < -0.4 is 15.8 Å². The van der Waals surface area contributed by atoms with Crippen LogP contribution in [0.3, 0.4) is 0 Å². The Hall–Kier alpha value is -4.00. The Kier molecular flexibility index (Phi) is 7.82. The average molecular weight is 539 g/mol. The molecule has 2 amide bonds. The summed E-state index contributed by atoms with van der Waals surface area (Å²) in [4.78, 5) is 39.9. The molecule has 0 radical (unpaired) electrons. The molecule has 0 saturated carbocycles. The molecule has 3 rings (SSSR count). The number of hydrogen-bond acceptors (Lipinski definition) is 7. The number of amides is 2. The number of benzene rings is 1. The largest absolute Gasteiger partial charge is 0.489 e. The van der Waals surface area contributed by atoms with Crippen LogP contribution in [0.15, 0.2) is 42.5 Å². The third-order valence-corrected chi connectivity index (χ3v) is 6.30. The van der Waals surface area contributed by atoms with Crippen LogP contribution in [-0.4, -0.2) is 54.3 Å². The Bertz CT molecular complexity index is 1280. The Morgan fingerprint density at radius 1 is 1.24 bits per heavy atom. The number of methoxy groups -OCH3 is 1. The molecule has 38 heavy (non-hydrogen) atoms. The lowest BCUT2D eigenvalue weighted by Gasteiger charge is -2.31. The molecule has 0 bridgehead atoms. The molecule has 0 fully saturated rings. The Balaban J connectivity index is 2.05. The molecule has 9 nitrogen and oxygen atoms in total. The molecule has 0 aliphatic carbocycles. The van der Waals surface area contributed by atoms with Crippen LogP contribution in [0.25, 0.3) is 11.3 Å². The van der Waals surface area contributed by atoms with Crippen molar-refractivity contribution < 1.29 is 46.5 Å². The zero-order chi connectivity index (χ0) is 28.5. The lowest BCUT2D eigenvalue weighted by Crippen LogP contribution is -2.51. The third-order valence-electron chi connectivity index (χ3n) is 6.30. The summed E-state index contributed by atoms with van der Waals surface area (Å²) in [6, 6.07) is 5.45. The molecule has 1 aromatic heterocycles. The number of ether oxygens (including phenoxy) is 2. The van der Waals surface area contributed by atoms with E-state index in [9.17, 15) is 37.1 Å². The van der Waals surface area contributed by atoms with E-state index >= 15 is 0 Å². The fourth-order valence-electron chi connectivity index (χ4n) is 3.76. The number of nitrogens with one attached hydrogen (secondary N) is 1. The molecule has 0 saturated heterocycles. The number of pyridine rings is 1. The van der Waals surface area contributed by atoms with E-state index in [0.29, 0.717) is 0 Å². The van der Waals surface area contributed by atoms with Gasteiger partial charge in [0.05, 0.1) is 19.3 Å². The van der Waals surface area contributed by atoms with Crippen LogP contribution in [0.1, 0.15) is 31.0 Å². The molecule has 1 aromatic carbocycles. The van der Waals surface area contributed by atoms with Gasteiger partial charge in [0.1, 0.15) is 29.3 Å². The van der Waals surface area contributed by atoms with Gasteiger partial charge in [0, 0.05) is 23.1 Å². The number of rotatable bonds is 9. The van der Waals surface area contributed by atoms with Gasteiger partial charge in [-0.2, -0.15) is 13.2 Å². The average Bonchev–Trinajstić information content (AvgIpc) is 3.22. The van der Waals surface area contributed by atoms with Gasteiger partial charge in [0.2, 0.25) is 17.4 Å². The lowest BCUT2D eigenvalue weighted by molar-refractivity contribution is -0.265. The van der Waals surface area contributed by atoms with E-state index in [4.69, 9.17) is 10.5 Å². The van der Waals surface area contributed by atoms with Crippen molar-refractivity contribution in [2.24, 2.45) is 5.73 Å². The Morgan fingerprint density at radius 2 is 1.87 bits per heavy atom. The predicted octanol–water partition coefficient (Wildman–Crippen LogP) is 2.40. The summed E-state index contributed by atoms with van der Waals surface area (Å²) in [5.41, 5.74) is -0.872. The molecular weight excluding hydrogens is 514 g/mol. The normalized spacial score (nSPS) is 18.1. The molecule has 2 heterocycles. The van der Waals surface area contributed by atoms with Crippen LogP contribution in [0.5, 0.6) is 5.75 Å². The maximum absolute atomic E-state index is 14.3. The molecule has 204 valence electrons. The monoisotopic (exact) mass is 539 g/mol. The number of primary amides is 1. The quantitative estimate of drug-likeness (QED) is 0.253. The number of aliphatic hydroxyl groups is 1. The highest BCUT2D eigenvalue weighted by atomic mass is 19.4. The summed E-state index contributed by atoms with van der Waals surface area (Å²) in [6.45, 7) is 3.15. The number of esters is 1. The molecule has 1 aliphatic heterocycles. The van der Waals surface area contributed by atoms with Gasteiger partial charge in [-0.25, -0.2) is 14.2 Å². The van der Waals surface area contributed by atoms with Gasteiger partial charge >= 0.3 is 12.1 Å². The number of carbonyl (C=O) groups excluding carboxylic acids is 3.